The monoisotopic (exact) mass is 474 g/mol. The predicted molar refractivity (Wildman–Crippen MR) is 113 cm³/mol. The van der Waals surface area contributed by atoms with Gasteiger partial charge in [-0.3, -0.25) is 9.89 Å². The molecule has 1 fully saturated rings. The lowest BCUT2D eigenvalue weighted by molar-refractivity contribution is 0.0692. The Bertz CT molecular complexity index is 1120. The second-order valence-corrected chi connectivity index (χ2v) is 9.54. The van der Waals surface area contributed by atoms with Gasteiger partial charge < -0.3 is 4.90 Å². The molecule has 0 unspecified atom stereocenters. The molecule has 1 aliphatic rings. The van der Waals surface area contributed by atoms with Crippen molar-refractivity contribution in [2.24, 2.45) is 0 Å². The molecule has 1 saturated heterocycles. The number of piperazine rings is 1. The molecule has 0 aliphatic carbocycles. The van der Waals surface area contributed by atoms with Crippen LogP contribution in [0.4, 0.5) is 0 Å². The molecule has 0 atom stereocenters. The maximum atomic E-state index is 12.8. The van der Waals surface area contributed by atoms with Gasteiger partial charge in [-0.05, 0) is 24.3 Å². The van der Waals surface area contributed by atoms with Crippen LogP contribution in [0.5, 0.6) is 0 Å². The molecule has 9 heteroatoms. The molecule has 4 rings (SSSR count). The number of rotatable bonds is 4. The van der Waals surface area contributed by atoms with Crippen molar-refractivity contribution < 1.29 is 13.2 Å². The van der Waals surface area contributed by atoms with Gasteiger partial charge in [0.25, 0.3) is 5.91 Å². The summed E-state index contributed by atoms with van der Waals surface area (Å²) in [5.74, 6) is -0.181. The first-order valence-corrected chi connectivity index (χ1v) is 11.3. The summed E-state index contributed by atoms with van der Waals surface area (Å²) in [6.07, 6.45) is 0. The molecule has 150 valence electrons. The molecule has 3 aromatic rings. The van der Waals surface area contributed by atoms with Gasteiger partial charge in [-0.2, -0.15) is 9.40 Å². The van der Waals surface area contributed by atoms with E-state index in [0.29, 0.717) is 29.0 Å². The minimum absolute atomic E-state index is 0.181. The van der Waals surface area contributed by atoms with Crippen LogP contribution >= 0.6 is 15.9 Å². The number of amides is 1. The summed E-state index contributed by atoms with van der Waals surface area (Å²) in [6.45, 7) is 1.15. The minimum Gasteiger partial charge on any atom is -0.335 e. The van der Waals surface area contributed by atoms with Crippen molar-refractivity contribution in [1.82, 2.24) is 19.4 Å². The summed E-state index contributed by atoms with van der Waals surface area (Å²) < 4.78 is 27.8. The van der Waals surface area contributed by atoms with E-state index in [9.17, 15) is 13.2 Å². The van der Waals surface area contributed by atoms with E-state index in [1.165, 1.54) is 4.31 Å². The summed E-state index contributed by atoms with van der Waals surface area (Å²) >= 11 is 3.31. The van der Waals surface area contributed by atoms with Crippen LogP contribution in [-0.4, -0.2) is 59.9 Å². The van der Waals surface area contributed by atoms with E-state index in [1.54, 1.807) is 35.2 Å². The molecule has 2 aromatic carbocycles. The van der Waals surface area contributed by atoms with Crippen molar-refractivity contribution in [2.45, 2.75) is 4.90 Å². The van der Waals surface area contributed by atoms with E-state index >= 15 is 0 Å². The first-order valence-electron chi connectivity index (χ1n) is 9.11. The second-order valence-electron chi connectivity index (χ2n) is 6.69. The number of nitrogens with zero attached hydrogens (tertiary/aromatic N) is 3. The highest BCUT2D eigenvalue weighted by Crippen LogP contribution is 2.22. The van der Waals surface area contributed by atoms with Crippen molar-refractivity contribution in [3.05, 3.63) is 70.8 Å². The Labute approximate surface area is 177 Å². The van der Waals surface area contributed by atoms with E-state index in [0.717, 1.165) is 5.56 Å². The van der Waals surface area contributed by atoms with E-state index in [4.69, 9.17) is 0 Å². The summed E-state index contributed by atoms with van der Waals surface area (Å²) in [5, 5.41) is 7.02. The number of halogens is 1. The first-order chi connectivity index (χ1) is 13.9. The Balaban J connectivity index is 1.43. The Morgan fingerprint density at radius 2 is 1.69 bits per heavy atom. The highest BCUT2D eigenvalue weighted by atomic mass is 79.9. The average Bonchev–Trinajstić information content (AvgIpc) is 3.24. The van der Waals surface area contributed by atoms with Gasteiger partial charge >= 0.3 is 0 Å². The Hall–Kier alpha value is -2.49. The number of carbonyl (C=O) groups is 1. The third-order valence-corrected chi connectivity index (χ3v) is 7.23. The number of H-pyrrole nitrogens is 1. The van der Waals surface area contributed by atoms with Gasteiger partial charge in [0.1, 0.15) is 5.69 Å². The molecule has 1 aliphatic heterocycles. The Morgan fingerprint density at radius 3 is 2.38 bits per heavy atom. The predicted octanol–water partition coefficient (Wildman–Crippen LogP) is 2.99. The fourth-order valence-electron chi connectivity index (χ4n) is 3.27. The van der Waals surface area contributed by atoms with E-state index < -0.39 is 10.0 Å². The van der Waals surface area contributed by atoms with Crippen LogP contribution in [0.2, 0.25) is 0 Å². The number of hydrogen-bond acceptors (Lipinski definition) is 4. The topological polar surface area (TPSA) is 86.4 Å². The first kappa shape index (κ1) is 19.8. The number of nitrogens with one attached hydrogen (secondary N) is 1. The molecule has 0 spiro atoms. The molecular weight excluding hydrogens is 456 g/mol. The fraction of sp³-hybridized carbons (Fsp3) is 0.200. The molecule has 0 saturated carbocycles. The summed E-state index contributed by atoms with van der Waals surface area (Å²) in [5.41, 5.74) is 2.02. The van der Waals surface area contributed by atoms with Crippen LogP contribution in [0.1, 0.15) is 10.5 Å². The van der Waals surface area contributed by atoms with E-state index in [1.807, 2.05) is 30.3 Å². The quantitative estimate of drug-likeness (QED) is 0.629. The Kier molecular flexibility index (Phi) is 5.53. The number of aromatic nitrogens is 2. The smallest absolute Gasteiger partial charge is 0.271 e. The number of benzene rings is 2. The minimum atomic E-state index is -3.59. The zero-order chi connectivity index (χ0) is 20.4. The van der Waals surface area contributed by atoms with Crippen molar-refractivity contribution in [1.29, 1.82) is 0 Å². The van der Waals surface area contributed by atoms with Gasteiger partial charge in [0.05, 0.1) is 10.6 Å². The lowest BCUT2D eigenvalue weighted by atomic mass is 10.1. The number of carbonyl (C=O) groups excluding carboxylic acids is 1. The Morgan fingerprint density at radius 1 is 0.966 bits per heavy atom. The maximum Gasteiger partial charge on any atom is 0.271 e. The van der Waals surface area contributed by atoms with Crippen LogP contribution in [0.15, 0.2) is 70.0 Å². The summed E-state index contributed by atoms with van der Waals surface area (Å²) in [6, 6.07) is 18.0. The highest BCUT2D eigenvalue weighted by Gasteiger charge is 2.31. The van der Waals surface area contributed by atoms with Crippen LogP contribution in [-0.2, 0) is 10.0 Å². The summed E-state index contributed by atoms with van der Waals surface area (Å²) in [4.78, 5) is 14.7. The van der Waals surface area contributed by atoms with Gasteiger partial charge in [-0.25, -0.2) is 8.42 Å². The largest absolute Gasteiger partial charge is 0.335 e. The van der Waals surface area contributed by atoms with E-state index in [2.05, 4.69) is 26.1 Å². The van der Waals surface area contributed by atoms with Crippen molar-refractivity contribution >= 4 is 31.9 Å². The molecule has 7 nitrogen and oxygen atoms in total. The third kappa shape index (κ3) is 4.12. The molecule has 2 heterocycles. The number of sulfonamides is 1. The molecule has 1 amide bonds. The standard InChI is InChI=1S/C20H19BrN4O3S/c21-16-7-4-8-17(13-16)29(27,28)25-11-9-24(10-12-25)20(26)19-14-18(22-23-19)15-5-2-1-3-6-15/h1-8,13-14H,9-12H2,(H,22,23). The van der Waals surface area contributed by atoms with Crippen molar-refractivity contribution in [3.63, 3.8) is 0 Å². The van der Waals surface area contributed by atoms with Gasteiger partial charge in [0, 0.05) is 36.2 Å². The molecule has 1 aromatic heterocycles. The molecular formula is C20H19BrN4O3S. The van der Waals surface area contributed by atoms with Gasteiger partial charge in [-0.1, -0.05) is 52.3 Å². The zero-order valence-electron chi connectivity index (χ0n) is 15.5. The zero-order valence-corrected chi connectivity index (χ0v) is 17.9. The number of hydrogen-bond donors (Lipinski definition) is 1. The molecule has 0 radical (unpaired) electrons. The molecule has 0 bridgehead atoms. The number of aromatic amines is 1. The third-order valence-electron chi connectivity index (χ3n) is 4.84. The van der Waals surface area contributed by atoms with Crippen molar-refractivity contribution in [3.8, 4) is 11.3 Å². The highest BCUT2D eigenvalue weighted by molar-refractivity contribution is 9.10. The van der Waals surface area contributed by atoms with Crippen LogP contribution in [0.25, 0.3) is 11.3 Å². The van der Waals surface area contributed by atoms with Crippen LogP contribution in [0.3, 0.4) is 0 Å². The fourth-order valence-corrected chi connectivity index (χ4v) is 5.29. The van der Waals surface area contributed by atoms with Gasteiger partial charge in [0.15, 0.2) is 0 Å². The normalized spacial score (nSPS) is 15.4. The van der Waals surface area contributed by atoms with Gasteiger partial charge in [0.2, 0.25) is 10.0 Å². The van der Waals surface area contributed by atoms with E-state index in [-0.39, 0.29) is 23.9 Å². The van der Waals surface area contributed by atoms with Gasteiger partial charge in [-0.15, -0.1) is 0 Å². The van der Waals surface area contributed by atoms with Crippen molar-refractivity contribution in [2.75, 3.05) is 26.2 Å². The molecule has 1 N–H and O–H groups in total. The molecule has 29 heavy (non-hydrogen) atoms. The van der Waals surface area contributed by atoms with Crippen LogP contribution < -0.4 is 0 Å². The lowest BCUT2D eigenvalue weighted by Crippen LogP contribution is -2.50. The lowest BCUT2D eigenvalue weighted by Gasteiger charge is -2.33. The maximum absolute atomic E-state index is 12.8. The second kappa shape index (κ2) is 8.10. The van der Waals surface area contributed by atoms with Crippen LogP contribution in [0, 0.1) is 0 Å². The summed E-state index contributed by atoms with van der Waals surface area (Å²) in [7, 11) is -3.59. The average molecular weight is 475 g/mol. The SMILES string of the molecule is O=C(c1cc(-c2ccccc2)n[nH]1)N1CCN(S(=O)(=O)c2cccc(Br)c2)CC1.